The van der Waals surface area contributed by atoms with Crippen molar-refractivity contribution in [2.75, 3.05) is 12.4 Å². The SMILES string of the molecule is COC(=O)c1ccc(NC(=O)C[C@H]2SC(=Nc3ccc(Cl)cc3)N(Cc3ccccc3)C2=O)cc1. The lowest BCUT2D eigenvalue weighted by Crippen LogP contribution is -2.33. The first-order valence-corrected chi connectivity index (χ1v) is 12.0. The Morgan fingerprint density at radius 3 is 2.37 bits per heavy atom. The van der Waals surface area contributed by atoms with Crippen LogP contribution < -0.4 is 5.32 Å². The van der Waals surface area contributed by atoms with Crippen LogP contribution in [-0.2, 0) is 20.9 Å². The van der Waals surface area contributed by atoms with Crippen molar-refractivity contribution < 1.29 is 19.1 Å². The Bertz CT molecular complexity index is 1250. The van der Waals surface area contributed by atoms with Crippen LogP contribution in [0.25, 0.3) is 0 Å². The lowest BCUT2D eigenvalue weighted by Gasteiger charge is -2.16. The van der Waals surface area contributed by atoms with E-state index in [1.165, 1.54) is 18.9 Å². The van der Waals surface area contributed by atoms with Crippen LogP contribution in [0.3, 0.4) is 0 Å². The Morgan fingerprint density at radius 2 is 1.71 bits per heavy atom. The highest BCUT2D eigenvalue weighted by atomic mass is 35.5. The summed E-state index contributed by atoms with van der Waals surface area (Å²) >= 11 is 7.25. The molecule has 2 amide bonds. The summed E-state index contributed by atoms with van der Waals surface area (Å²) < 4.78 is 4.68. The second kappa shape index (κ2) is 11.2. The first-order valence-electron chi connectivity index (χ1n) is 10.8. The van der Waals surface area contributed by atoms with Crippen LogP contribution in [0.4, 0.5) is 11.4 Å². The fraction of sp³-hybridized carbons (Fsp3) is 0.154. The van der Waals surface area contributed by atoms with Crippen molar-refractivity contribution in [3.63, 3.8) is 0 Å². The second-order valence-corrected chi connectivity index (χ2v) is 9.31. The van der Waals surface area contributed by atoms with Crippen molar-refractivity contribution in [2.45, 2.75) is 18.2 Å². The summed E-state index contributed by atoms with van der Waals surface area (Å²) in [5.74, 6) is -0.946. The van der Waals surface area contributed by atoms with Crippen LogP contribution >= 0.6 is 23.4 Å². The lowest BCUT2D eigenvalue weighted by atomic mass is 10.2. The van der Waals surface area contributed by atoms with E-state index in [9.17, 15) is 14.4 Å². The molecule has 3 aromatic rings. The van der Waals surface area contributed by atoms with Crippen LogP contribution in [0.1, 0.15) is 22.3 Å². The summed E-state index contributed by atoms with van der Waals surface area (Å²) in [5.41, 5.74) is 2.53. The van der Waals surface area contributed by atoms with Gasteiger partial charge in [-0.3, -0.25) is 14.5 Å². The molecule has 9 heteroatoms. The molecule has 1 aliphatic heterocycles. The average molecular weight is 508 g/mol. The molecule has 1 N–H and O–H groups in total. The molecule has 0 aromatic heterocycles. The summed E-state index contributed by atoms with van der Waals surface area (Å²) in [6.07, 6.45) is -0.0207. The predicted octanol–water partition coefficient (Wildman–Crippen LogP) is 5.29. The first kappa shape index (κ1) is 24.5. The molecule has 35 heavy (non-hydrogen) atoms. The number of rotatable bonds is 7. The van der Waals surface area contributed by atoms with E-state index in [2.05, 4.69) is 15.0 Å². The fourth-order valence-electron chi connectivity index (χ4n) is 3.45. The molecular formula is C26H22ClN3O4S. The number of nitrogens with one attached hydrogen (secondary N) is 1. The van der Waals surface area contributed by atoms with Gasteiger partial charge < -0.3 is 10.1 Å². The number of anilines is 1. The zero-order chi connectivity index (χ0) is 24.8. The highest BCUT2D eigenvalue weighted by Gasteiger charge is 2.39. The van der Waals surface area contributed by atoms with Crippen LogP contribution in [0, 0.1) is 0 Å². The maximum absolute atomic E-state index is 13.3. The van der Waals surface area contributed by atoms with Gasteiger partial charge in [0, 0.05) is 17.1 Å². The number of carbonyl (C=O) groups excluding carboxylic acids is 3. The zero-order valence-corrected chi connectivity index (χ0v) is 20.4. The van der Waals surface area contributed by atoms with Gasteiger partial charge >= 0.3 is 5.97 Å². The summed E-state index contributed by atoms with van der Waals surface area (Å²) in [5, 5.41) is 3.29. The molecule has 1 saturated heterocycles. The molecule has 0 aliphatic carbocycles. The molecule has 1 aliphatic rings. The highest BCUT2D eigenvalue weighted by molar-refractivity contribution is 8.15. The molecule has 7 nitrogen and oxygen atoms in total. The van der Waals surface area contributed by atoms with Gasteiger partial charge in [0.2, 0.25) is 11.8 Å². The number of amides is 2. The number of esters is 1. The van der Waals surface area contributed by atoms with Gasteiger partial charge in [-0.2, -0.15) is 0 Å². The Labute approximate surface area is 212 Å². The minimum absolute atomic E-state index is 0.0207. The van der Waals surface area contributed by atoms with E-state index in [1.807, 2.05) is 30.3 Å². The molecule has 3 aromatic carbocycles. The zero-order valence-electron chi connectivity index (χ0n) is 18.8. The van der Waals surface area contributed by atoms with Crippen LogP contribution in [0.15, 0.2) is 83.9 Å². The maximum atomic E-state index is 13.3. The average Bonchev–Trinajstić information content (AvgIpc) is 3.14. The third kappa shape index (κ3) is 6.29. The number of hydrogen-bond donors (Lipinski definition) is 1. The van der Waals surface area contributed by atoms with E-state index in [0.29, 0.717) is 33.7 Å². The summed E-state index contributed by atoms with van der Waals surface area (Å²) in [4.78, 5) is 43.8. The number of nitrogens with zero attached hydrogens (tertiary/aromatic N) is 2. The van der Waals surface area contributed by atoms with Gasteiger partial charge in [0.05, 0.1) is 24.9 Å². The van der Waals surface area contributed by atoms with Crippen molar-refractivity contribution in [3.05, 3.63) is 95.0 Å². The minimum atomic E-state index is -0.612. The molecule has 0 spiro atoms. The Balaban J connectivity index is 1.49. The highest BCUT2D eigenvalue weighted by Crippen LogP contribution is 2.33. The number of halogens is 1. The number of ether oxygens (including phenoxy) is 1. The molecule has 178 valence electrons. The van der Waals surface area contributed by atoms with Gasteiger partial charge in [0.1, 0.15) is 5.25 Å². The van der Waals surface area contributed by atoms with Gasteiger partial charge in [0.25, 0.3) is 0 Å². The normalized spacial score (nSPS) is 16.4. The third-order valence-electron chi connectivity index (χ3n) is 5.22. The molecule has 0 unspecified atom stereocenters. The van der Waals surface area contributed by atoms with Crippen LogP contribution in [0.2, 0.25) is 5.02 Å². The number of hydrogen-bond acceptors (Lipinski definition) is 6. The number of methoxy groups -OCH3 is 1. The smallest absolute Gasteiger partial charge is 0.337 e. The molecule has 1 atom stereocenters. The summed E-state index contributed by atoms with van der Waals surface area (Å²) in [7, 11) is 1.31. The van der Waals surface area contributed by atoms with Crippen molar-refractivity contribution in [3.8, 4) is 0 Å². The van der Waals surface area contributed by atoms with E-state index in [0.717, 1.165) is 5.56 Å². The van der Waals surface area contributed by atoms with Gasteiger partial charge in [0.15, 0.2) is 5.17 Å². The molecule has 0 radical (unpaired) electrons. The summed E-state index contributed by atoms with van der Waals surface area (Å²) in [6.45, 7) is 0.353. The molecule has 1 fully saturated rings. The monoisotopic (exact) mass is 507 g/mol. The van der Waals surface area contributed by atoms with Crippen molar-refractivity contribution in [2.24, 2.45) is 4.99 Å². The number of amidine groups is 1. The van der Waals surface area contributed by atoms with E-state index in [1.54, 1.807) is 53.4 Å². The van der Waals surface area contributed by atoms with Gasteiger partial charge in [-0.15, -0.1) is 0 Å². The number of carbonyl (C=O) groups is 3. The second-order valence-electron chi connectivity index (χ2n) is 7.71. The molecule has 1 heterocycles. The summed E-state index contributed by atoms with van der Waals surface area (Å²) in [6, 6.07) is 23.0. The molecule has 4 rings (SSSR count). The van der Waals surface area contributed by atoms with Crippen molar-refractivity contribution in [1.29, 1.82) is 0 Å². The van der Waals surface area contributed by atoms with Crippen molar-refractivity contribution >= 4 is 57.7 Å². The Hall–Kier alpha value is -3.62. The maximum Gasteiger partial charge on any atom is 0.337 e. The van der Waals surface area contributed by atoms with E-state index in [-0.39, 0.29) is 18.2 Å². The number of aliphatic imine (C=N–C) groups is 1. The Kier molecular flexibility index (Phi) is 7.84. The van der Waals surface area contributed by atoms with E-state index < -0.39 is 11.2 Å². The molecule has 0 saturated carbocycles. The standard InChI is InChI=1S/C26H22ClN3O4S/c1-34-25(33)18-7-11-20(12-8-18)28-23(31)15-22-24(32)30(16-17-5-3-2-4-6-17)26(35-22)29-21-13-9-19(27)10-14-21/h2-14,22H,15-16H2,1H3,(H,28,31)/t22-/m1/s1. The minimum Gasteiger partial charge on any atom is -0.465 e. The van der Waals surface area contributed by atoms with Crippen LogP contribution in [-0.4, -0.2) is 40.2 Å². The van der Waals surface area contributed by atoms with Gasteiger partial charge in [-0.1, -0.05) is 53.7 Å². The topological polar surface area (TPSA) is 88.1 Å². The number of thioether (sulfide) groups is 1. The quantitative estimate of drug-likeness (QED) is 0.439. The third-order valence-corrected chi connectivity index (χ3v) is 6.64. The first-order chi connectivity index (χ1) is 16.9. The predicted molar refractivity (Wildman–Crippen MR) is 138 cm³/mol. The Morgan fingerprint density at radius 1 is 1.03 bits per heavy atom. The number of benzene rings is 3. The molecular weight excluding hydrogens is 486 g/mol. The fourth-order valence-corrected chi connectivity index (χ4v) is 4.73. The molecule has 0 bridgehead atoms. The van der Waals surface area contributed by atoms with E-state index in [4.69, 9.17) is 11.6 Å². The largest absolute Gasteiger partial charge is 0.465 e. The lowest BCUT2D eigenvalue weighted by molar-refractivity contribution is -0.128. The van der Waals surface area contributed by atoms with Gasteiger partial charge in [-0.25, -0.2) is 9.79 Å². The van der Waals surface area contributed by atoms with Gasteiger partial charge in [-0.05, 0) is 54.1 Å². The van der Waals surface area contributed by atoms with E-state index >= 15 is 0 Å². The van der Waals surface area contributed by atoms with Crippen molar-refractivity contribution in [1.82, 2.24) is 4.90 Å². The van der Waals surface area contributed by atoms with Crippen LogP contribution in [0.5, 0.6) is 0 Å².